The van der Waals surface area contributed by atoms with Crippen molar-refractivity contribution < 1.29 is 4.79 Å². The van der Waals surface area contributed by atoms with Crippen LogP contribution in [0, 0.1) is 6.92 Å². The lowest BCUT2D eigenvalue weighted by atomic mass is 10.2. The fourth-order valence-electron chi connectivity index (χ4n) is 1.95. The van der Waals surface area contributed by atoms with Crippen LogP contribution in [0.4, 0.5) is 0 Å². The molecule has 0 aliphatic heterocycles. The number of thioether (sulfide) groups is 1. The summed E-state index contributed by atoms with van der Waals surface area (Å²) in [4.78, 5) is 11.7. The molecule has 1 aromatic carbocycles. The van der Waals surface area contributed by atoms with Crippen molar-refractivity contribution in [3.05, 3.63) is 36.2 Å². The molecule has 20 heavy (non-hydrogen) atoms. The maximum absolute atomic E-state index is 11.7. The van der Waals surface area contributed by atoms with Gasteiger partial charge in [-0.25, -0.2) is 0 Å². The highest BCUT2D eigenvalue weighted by Crippen LogP contribution is 2.22. The smallest absolute Gasteiger partial charge is 0.230 e. The fraction of sp³-hybridized carbons (Fsp3) is 0.357. The van der Waals surface area contributed by atoms with Gasteiger partial charge in [0.2, 0.25) is 5.91 Å². The lowest BCUT2D eigenvalue weighted by molar-refractivity contribution is -0.118. The molecule has 1 amide bonds. The molecule has 0 radical (unpaired) electrons. The van der Waals surface area contributed by atoms with Gasteiger partial charge in [-0.3, -0.25) is 9.36 Å². The maximum atomic E-state index is 11.7. The Hall–Kier alpha value is -1.82. The van der Waals surface area contributed by atoms with E-state index in [1.54, 1.807) is 6.33 Å². The van der Waals surface area contributed by atoms with Crippen LogP contribution < -0.4 is 5.32 Å². The summed E-state index contributed by atoms with van der Waals surface area (Å²) in [5, 5.41) is 11.8. The van der Waals surface area contributed by atoms with Crippen molar-refractivity contribution in [3.8, 4) is 5.69 Å². The molecule has 0 atom stereocenters. The van der Waals surface area contributed by atoms with Crippen molar-refractivity contribution in [2.45, 2.75) is 31.0 Å². The zero-order valence-electron chi connectivity index (χ0n) is 11.2. The van der Waals surface area contributed by atoms with Gasteiger partial charge in [0, 0.05) is 6.04 Å². The molecule has 1 N–H and O–H groups in total. The number of carbonyl (C=O) groups excluding carboxylic acids is 1. The third-order valence-corrected chi connectivity index (χ3v) is 4.11. The molecule has 104 valence electrons. The van der Waals surface area contributed by atoms with Crippen LogP contribution in [0.5, 0.6) is 0 Å². The van der Waals surface area contributed by atoms with Crippen LogP contribution in [0.2, 0.25) is 0 Å². The van der Waals surface area contributed by atoms with Gasteiger partial charge in [-0.2, -0.15) is 0 Å². The van der Waals surface area contributed by atoms with Gasteiger partial charge in [-0.1, -0.05) is 30.0 Å². The first-order valence-corrected chi connectivity index (χ1v) is 7.61. The second kappa shape index (κ2) is 5.66. The zero-order valence-corrected chi connectivity index (χ0v) is 12.1. The molecule has 1 heterocycles. The van der Waals surface area contributed by atoms with Gasteiger partial charge in [0.25, 0.3) is 0 Å². The van der Waals surface area contributed by atoms with Gasteiger partial charge in [-0.05, 0) is 31.4 Å². The van der Waals surface area contributed by atoms with Crippen molar-refractivity contribution in [1.29, 1.82) is 0 Å². The standard InChI is InChI=1S/C14H16N4OS/c1-10-4-2-3-5-12(10)18-9-15-17-14(18)20-8-13(19)16-11-6-7-11/h2-5,9,11H,6-8H2,1H3,(H,16,19). The topological polar surface area (TPSA) is 59.8 Å². The lowest BCUT2D eigenvalue weighted by Crippen LogP contribution is -2.27. The molecule has 6 heteroatoms. The summed E-state index contributed by atoms with van der Waals surface area (Å²) < 4.78 is 1.92. The second-order valence-electron chi connectivity index (χ2n) is 4.90. The number of nitrogens with one attached hydrogen (secondary N) is 1. The van der Waals surface area contributed by atoms with E-state index in [0.717, 1.165) is 29.2 Å². The maximum Gasteiger partial charge on any atom is 0.230 e. The summed E-state index contributed by atoms with van der Waals surface area (Å²) in [7, 11) is 0. The van der Waals surface area contributed by atoms with E-state index in [4.69, 9.17) is 0 Å². The number of hydrogen-bond acceptors (Lipinski definition) is 4. The number of carbonyl (C=O) groups is 1. The molecule has 1 aromatic heterocycles. The fourth-order valence-corrected chi connectivity index (χ4v) is 2.68. The van der Waals surface area contributed by atoms with E-state index < -0.39 is 0 Å². The minimum Gasteiger partial charge on any atom is -0.353 e. The van der Waals surface area contributed by atoms with Gasteiger partial charge in [0.1, 0.15) is 6.33 Å². The summed E-state index contributed by atoms with van der Waals surface area (Å²) in [5.41, 5.74) is 2.19. The molecule has 0 spiro atoms. The molecule has 0 bridgehead atoms. The van der Waals surface area contributed by atoms with E-state index in [1.165, 1.54) is 11.8 Å². The van der Waals surface area contributed by atoms with E-state index in [9.17, 15) is 4.79 Å². The number of rotatable bonds is 5. The molecule has 0 saturated heterocycles. The zero-order chi connectivity index (χ0) is 13.9. The van der Waals surface area contributed by atoms with Crippen LogP contribution >= 0.6 is 11.8 Å². The quantitative estimate of drug-likeness (QED) is 0.854. The Kier molecular flexibility index (Phi) is 3.73. The number of hydrogen-bond donors (Lipinski definition) is 1. The highest BCUT2D eigenvalue weighted by molar-refractivity contribution is 7.99. The summed E-state index contributed by atoms with van der Waals surface area (Å²) in [6.45, 7) is 2.05. The van der Waals surface area contributed by atoms with Crippen molar-refractivity contribution in [2.24, 2.45) is 0 Å². The van der Waals surface area contributed by atoms with Crippen LogP contribution in [-0.4, -0.2) is 32.5 Å². The number of aromatic nitrogens is 3. The summed E-state index contributed by atoms with van der Waals surface area (Å²) in [5.74, 6) is 0.443. The predicted molar refractivity (Wildman–Crippen MR) is 78.0 cm³/mol. The molecule has 1 aliphatic carbocycles. The Morgan fingerprint density at radius 1 is 1.45 bits per heavy atom. The number of amides is 1. The van der Waals surface area contributed by atoms with Crippen molar-refractivity contribution >= 4 is 17.7 Å². The molecular formula is C14H16N4OS. The second-order valence-corrected chi connectivity index (χ2v) is 5.84. The Morgan fingerprint density at radius 2 is 2.25 bits per heavy atom. The lowest BCUT2D eigenvalue weighted by Gasteiger charge is -2.09. The highest BCUT2D eigenvalue weighted by Gasteiger charge is 2.23. The van der Waals surface area contributed by atoms with Gasteiger partial charge in [-0.15, -0.1) is 10.2 Å². The Morgan fingerprint density at radius 3 is 3.00 bits per heavy atom. The van der Waals surface area contributed by atoms with Crippen LogP contribution in [0.1, 0.15) is 18.4 Å². The van der Waals surface area contributed by atoms with Gasteiger partial charge >= 0.3 is 0 Å². The van der Waals surface area contributed by atoms with E-state index in [-0.39, 0.29) is 5.91 Å². The summed E-state index contributed by atoms with van der Waals surface area (Å²) in [6.07, 6.45) is 3.90. The highest BCUT2D eigenvalue weighted by atomic mass is 32.2. The molecule has 0 unspecified atom stereocenters. The minimum atomic E-state index is 0.0665. The third-order valence-electron chi connectivity index (χ3n) is 3.17. The van der Waals surface area contributed by atoms with Crippen LogP contribution in [-0.2, 0) is 4.79 Å². The van der Waals surface area contributed by atoms with Gasteiger partial charge in [0.05, 0.1) is 11.4 Å². The molecule has 2 aromatic rings. The summed E-state index contributed by atoms with van der Waals surface area (Å²) >= 11 is 1.41. The first kappa shape index (κ1) is 13.2. The number of aryl methyl sites for hydroxylation is 1. The van der Waals surface area contributed by atoms with Crippen molar-refractivity contribution in [2.75, 3.05) is 5.75 Å². The Labute approximate surface area is 121 Å². The average Bonchev–Trinajstić information content (AvgIpc) is 3.13. The SMILES string of the molecule is Cc1ccccc1-n1cnnc1SCC(=O)NC1CC1. The van der Waals surface area contributed by atoms with E-state index in [0.29, 0.717) is 11.8 Å². The first-order valence-electron chi connectivity index (χ1n) is 6.62. The van der Waals surface area contributed by atoms with E-state index in [2.05, 4.69) is 15.5 Å². The van der Waals surface area contributed by atoms with Crippen molar-refractivity contribution in [1.82, 2.24) is 20.1 Å². The number of nitrogens with zero attached hydrogens (tertiary/aromatic N) is 3. The molecule has 5 nitrogen and oxygen atoms in total. The monoisotopic (exact) mass is 288 g/mol. The normalized spacial score (nSPS) is 14.2. The molecule has 1 saturated carbocycles. The van der Waals surface area contributed by atoms with Crippen LogP contribution in [0.15, 0.2) is 35.7 Å². The van der Waals surface area contributed by atoms with E-state index in [1.807, 2.05) is 35.8 Å². The first-order chi connectivity index (χ1) is 9.74. The van der Waals surface area contributed by atoms with E-state index >= 15 is 0 Å². The molecule has 1 fully saturated rings. The predicted octanol–water partition coefficient (Wildman–Crippen LogP) is 1.95. The van der Waals surface area contributed by atoms with Crippen LogP contribution in [0.25, 0.3) is 5.69 Å². The Balaban J connectivity index is 1.70. The molecule has 3 rings (SSSR count). The van der Waals surface area contributed by atoms with Crippen LogP contribution in [0.3, 0.4) is 0 Å². The minimum absolute atomic E-state index is 0.0665. The number of benzene rings is 1. The molecule has 1 aliphatic rings. The largest absolute Gasteiger partial charge is 0.353 e. The third kappa shape index (κ3) is 3.01. The Bertz CT molecular complexity index is 621. The number of para-hydroxylation sites is 1. The van der Waals surface area contributed by atoms with Crippen molar-refractivity contribution in [3.63, 3.8) is 0 Å². The van der Waals surface area contributed by atoms with Gasteiger partial charge in [0.15, 0.2) is 5.16 Å². The molecular weight excluding hydrogens is 272 g/mol. The average molecular weight is 288 g/mol. The van der Waals surface area contributed by atoms with Gasteiger partial charge < -0.3 is 5.32 Å². The summed E-state index contributed by atoms with van der Waals surface area (Å²) in [6, 6.07) is 8.45.